The minimum absolute atomic E-state index is 0.178. The third kappa shape index (κ3) is 2.81. The Hall–Kier alpha value is -2.76. The first kappa shape index (κ1) is 14.2. The first-order valence-corrected chi connectivity index (χ1v) is 7.12. The van der Waals surface area contributed by atoms with Crippen LogP contribution in [0, 0.1) is 0 Å². The van der Waals surface area contributed by atoms with Gasteiger partial charge in [-0.15, -0.1) is 0 Å². The van der Waals surface area contributed by atoms with E-state index in [1.807, 2.05) is 30.3 Å². The Labute approximate surface area is 127 Å². The lowest BCUT2D eigenvalue weighted by atomic mass is 10.2. The number of carbonyl (C=O) groups is 3. The van der Waals surface area contributed by atoms with E-state index < -0.39 is 0 Å². The molecule has 0 radical (unpaired) electrons. The standard InChI is InChI=1S/C16H15N3O3/c20-14-7-8-15(21)19(14)10-9-17-16(22)13-6-5-11-3-1-2-4-12(11)18-13/h1-6H,7-10H2,(H,17,22). The third-order valence-electron chi connectivity index (χ3n) is 3.61. The third-order valence-corrected chi connectivity index (χ3v) is 3.61. The van der Waals surface area contributed by atoms with Gasteiger partial charge in [-0.25, -0.2) is 4.98 Å². The van der Waals surface area contributed by atoms with Crippen LogP contribution < -0.4 is 5.32 Å². The smallest absolute Gasteiger partial charge is 0.269 e. The summed E-state index contributed by atoms with van der Waals surface area (Å²) in [4.78, 5) is 40.5. The van der Waals surface area contributed by atoms with Crippen LogP contribution >= 0.6 is 0 Å². The number of nitrogens with zero attached hydrogens (tertiary/aromatic N) is 2. The quantitative estimate of drug-likeness (QED) is 0.857. The molecule has 22 heavy (non-hydrogen) atoms. The maximum Gasteiger partial charge on any atom is 0.269 e. The predicted octanol–water partition coefficient (Wildman–Crippen LogP) is 1.11. The lowest BCUT2D eigenvalue weighted by Gasteiger charge is -2.13. The van der Waals surface area contributed by atoms with Crippen LogP contribution in [0.2, 0.25) is 0 Å². The average molecular weight is 297 g/mol. The molecular weight excluding hydrogens is 282 g/mol. The van der Waals surface area contributed by atoms with Gasteiger partial charge in [0.1, 0.15) is 5.69 Å². The van der Waals surface area contributed by atoms with Crippen molar-refractivity contribution in [1.29, 1.82) is 0 Å². The second kappa shape index (κ2) is 5.93. The molecule has 0 spiro atoms. The molecule has 2 heterocycles. The van der Waals surface area contributed by atoms with Gasteiger partial charge in [-0.2, -0.15) is 0 Å². The fraction of sp³-hybridized carbons (Fsp3) is 0.250. The highest BCUT2D eigenvalue weighted by molar-refractivity contribution is 6.02. The zero-order valence-corrected chi connectivity index (χ0v) is 11.9. The molecule has 1 aliphatic heterocycles. The van der Waals surface area contributed by atoms with E-state index in [2.05, 4.69) is 10.3 Å². The lowest BCUT2D eigenvalue weighted by Crippen LogP contribution is -2.37. The summed E-state index contributed by atoms with van der Waals surface area (Å²) >= 11 is 0. The maximum atomic E-state index is 12.1. The lowest BCUT2D eigenvalue weighted by molar-refractivity contribution is -0.138. The van der Waals surface area contributed by atoms with Crippen LogP contribution in [0.4, 0.5) is 0 Å². The van der Waals surface area contributed by atoms with Crippen molar-refractivity contribution < 1.29 is 14.4 Å². The van der Waals surface area contributed by atoms with Gasteiger partial charge in [0, 0.05) is 31.3 Å². The number of hydrogen-bond donors (Lipinski definition) is 1. The zero-order chi connectivity index (χ0) is 15.5. The molecule has 3 rings (SSSR count). The van der Waals surface area contributed by atoms with Crippen molar-refractivity contribution in [3.8, 4) is 0 Å². The molecule has 1 aromatic carbocycles. The number of carbonyl (C=O) groups excluding carboxylic acids is 3. The van der Waals surface area contributed by atoms with Crippen molar-refractivity contribution in [3.05, 3.63) is 42.1 Å². The molecule has 6 nitrogen and oxygen atoms in total. The Balaban J connectivity index is 1.61. The van der Waals surface area contributed by atoms with E-state index >= 15 is 0 Å². The highest BCUT2D eigenvalue weighted by atomic mass is 16.2. The van der Waals surface area contributed by atoms with Crippen molar-refractivity contribution >= 4 is 28.6 Å². The maximum absolute atomic E-state index is 12.1. The molecule has 2 aromatic rings. The summed E-state index contributed by atoms with van der Waals surface area (Å²) in [6, 6.07) is 11.0. The van der Waals surface area contributed by atoms with E-state index in [1.54, 1.807) is 6.07 Å². The van der Waals surface area contributed by atoms with E-state index in [-0.39, 0.29) is 43.7 Å². The van der Waals surface area contributed by atoms with E-state index in [0.717, 1.165) is 10.9 Å². The fourth-order valence-corrected chi connectivity index (χ4v) is 2.44. The SMILES string of the molecule is O=C(NCCN1C(=O)CCC1=O)c1ccc2ccccc2n1. The van der Waals surface area contributed by atoms with E-state index in [9.17, 15) is 14.4 Å². The number of pyridine rings is 1. The van der Waals surface area contributed by atoms with Crippen LogP contribution in [0.5, 0.6) is 0 Å². The Morgan fingerprint density at radius 1 is 1.09 bits per heavy atom. The molecule has 1 aliphatic rings. The number of aromatic nitrogens is 1. The zero-order valence-electron chi connectivity index (χ0n) is 11.9. The minimum Gasteiger partial charge on any atom is -0.349 e. The van der Waals surface area contributed by atoms with Crippen molar-refractivity contribution in [2.45, 2.75) is 12.8 Å². The molecule has 0 bridgehead atoms. The number of hydrogen-bond acceptors (Lipinski definition) is 4. The monoisotopic (exact) mass is 297 g/mol. The Morgan fingerprint density at radius 2 is 1.82 bits per heavy atom. The molecule has 1 N–H and O–H groups in total. The molecule has 0 saturated carbocycles. The van der Waals surface area contributed by atoms with Crippen molar-refractivity contribution in [1.82, 2.24) is 15.2 Å². The van der Waals surface area contributed by atoms with Crippen molar-refractivity contribution in [2.75, 3.05) is 13.1 Å². The molecule has 1 fully saturated rings. The van der Waals surface area contributed by atoms with Crippen LogP contribution in [-0.2, 0) is 9.59 Å². The number of imide groups is 1. The van der Waals surface area contributed by atoms with Gasteiger partial charge < -0.3 is 5.32 Å². The Bertz CT molecular complexity index is 741. The summed E-state index contributed by atoms with van der Waals surface area (Å²) in [5.41, 5.74) is 1.07. The molecule has 6 heteroatoms. The number of amides is 3. The number of rotatable bonds is 4. The molecule has 3 amide bonds. The Kier molecular flexibility index (Phi) is 3.82. The number of para-hydroxylation sites is 1. The highest BCUT2D eigenvalue weighted by Crippen LogP contribution is 2.12. The predicted molar refractivity (Wildman–Crippen MR) is 80.0 cm³/mol. The number of benzene rings is 1. The van der Waals surface area contributed by atoms with Crippen LogP contribution in [0.25, 0.3) is 10.9 Å². The molecule has 112 valence electrons. The summed E-state index contributed by atoms with van der Waals surface area (Å²) in [5.74, 6) is -0.670. The first-order valence-electron chi connectivity index (χ1n) is 7.12. The van der Waals surface area contributed by atoms with Crippen molar-refractivity contribution in [2.24, 2.45) is 0 Å². The first-order chi connectivity index (χ1) is 10.6. The van der Waals surface area contributed by atoms with Crippen LogP contribution in [0.15, 0.2) is 36.4 Å². The van der Waals surface area contributed by atoms with Gasteiger partial charge in [-0.3, -0.25) is 19.3 Å². The van der Waals surface area contributed by atoms with Gasteiger partial charge in [0.2, 0.25) is 11.8 Å². The van der Waals surface area contributed by atoms with Gasteiger partial charge in [0.05, 0.1) is 5.52 Å². The van der Waals surface area contributed by atoms with Crippen LogP contribution in [-0.4, -0.2) is 40.7 Å². The molecule has 1 aromatic heterocycles. The molecular formula is C16H15N3O3. The van der Waals surface area contributed by atoms with E-state index in [1.165, 1.54) is 4.90 Å². The minimum atomic E-state index is -0.315. The van der Waals surface area contributed by atoms with E-state index in [4.69, 9.17) is 0 Å². The Morgan fingerprint density at radius 3 is 2.59 bits per heavy atom. The summed E-state index contributed by atoms with van der Waals surface area (Å²) in [6.45, 7) is 0.432. The largest absolute Gasteiger partial charge is 0.349 e. The van der Waals surface area contributed by atoms with Gasteiger partial charge in [-0.05, 0) is 12.1 Å². The van der Waals surface area contributed by atoms with Gasteiger partial charge >= 0.3 is 0 Å². The van der Waals surface area contributed by atoms with Crippen molar-refractivity contribution in [3.63, 3.8) is 0 Å². The molecule has 0 aliphatic carbocycles. The van der Waals surface area contributed by atoms with Crippen LogP contribution in [0.3, 0.4) is 0 Å². The normalized spacial score (nSPS) is 14.6. The fourth-order valence-electron chi connectivity index (χ4n) is 2.44. The number of nitrogens with one attached hydrogen (secondary N) is 1. The molecule has 1 saturated heterocycles. The summed E-state index contributed by atoms with van der Waals surface area (Å²) in [7, 11) is 0. The summed E-state index contributed by atoms with van der Waals surface area (Å²) in [5, 5.41) is 3.65. The summed E-state index contributed by atoms with van der Waals surface area (Å²) in [6.07, 6.45) is 0.526. The van der Waals surface area contributed by atoms with Gasteiger partial charge in [-0.1, -0.05) is 24.3 Å². The van der Waals surface area contributed by atoms with Gasteiger partial charge in [0.25, 0.3) is 5.91 Å². The van der Waals surface area contributed by atoms with Gasteiger partial charge in [0.15, 0.2) is 0 Å². The number of likely N-dealkylation sites (tertiary alicyclic amines) is 1. The number of fused-ring (bicyclic) bond motifs is 1. The second-order valence-corrected chi connectivity index (χ2v) is 5.08. The summed E-state index contributed by atoms with van der Waals surface area (Å²) < 4.78 is 0. The highest BCUT2D eigenvalue weighted by Gasteiger charge is 2.28. The topological polar surface area (TPSA) is 79.4 Å². The molecule has 0 unspecified atom stereocenters. The average Bonchev–Trinajstić information content (AvgIpc) is 2.86. The van der Waals surface area contributed by atoms with E-state index in [0.29, 0.717) is 5.69 Å². The molecule has 0 atom stereocenters. The van der Waals surface area contributed by atoms with Crippen LogP contribution in [0.1, 0.15) is 23.3 Å². The second-order valence-electron chi connectivity index (χ2n) is 5.08.